The fraction of sp³-hybridized carbons (Fsp3) is 0.280. The summed E-state index contributed by atoms with van der Waals surface area (Å²) in [6, 6.07) is 17.3. The van der Waals surface area contributed by atoms with E-state index in [0.717, 1.165) is 28.3 Å². The molecule has 0 amide bonds. The SMILES string of the molecule is CCOC(=O)c1cccc2c1N(Cc1ccc(-n3c(C#N)cc(Cl)c3C)cc1)C(OCC)N2. The maximum Gasteiger partial charge on any atom is 0.340 e. The maximum absolute atomic E-state index is 12.6. The average Bonchev–Trinajstić information content (AvgIpc) is 3.31. The van der Waals surface area contributed by atoms with Crippen LogP contribution in [0.25, 0.3) is 5.69 Å². The number of rotatable bonds is 7. The molecule has 0 aliphatic carbocycles. The van der Waals surface area contributed by atoms with Crippen LogP contribution in [-0.2, 0) is 16.0 Å². The predicted octanol–water partition coefficient (Wildman–Crippen LogP) is 5.24. The van der Waals surface area contributed by atoms with Gasteiger partial charge < -0.3 is 24.3 Å². The lowest BCUT2D eigenvalue weighted by atomic mass is 10.1. The fourth-order valence-electron chi connectivity index (χ4n) is 4.06. The Hall–Kier alpha value is -3.47. The first-order valence-electron chi connectivity index (χ1n) is 10.8. The molecule has 2 aromatic carbocycles. The summed E-state index contributed by atoms with van der Waals surface area (Å²) < 4.78 is 13.0. The third kappa shape index (κ3) is 4.28. The summed E-state index contributed by atoms with van der Waals surface area (Å²) in [6.45, 7) is 6.94. The zero-order chi connectivity index (χ0) is 23.5. The molecule has 170 valence electrons. The van der Waals surface area contributed by atoms with Gasteiger partial charge in [-0.25, -0.2) is 4.79 Å². The van der Waals surface area contributed by atoms with Gasteiger partial charge in [0.25, 0.3) is 0 Å². The van der Waals surface area contributed by atoms with Crippen molar-refractivity contribution >= 4 is 28.9 Å². The molecule has 1 aliphatic heterocycles. The van der Waals surface area contributed by atoms with Gasteiger partial charge in [-0.2, -0.15) is 5.26 Å². The molecule has 3 aromatic rings. The lowest BCUT2D eigenvalue weighted by Crippen LogP contribution is -2.38. The van der Waals surface area contributed by atoms with Crippen molar-refractivity contribution in [3.8, 4) is 11.8 Å². The number of aromatic nitrogens is 1. The van der Waals surface area contributed by atoms with Crippen molar-refractivity contribution in [2.75, 3.05) is 23.4 Å². The number of nitrogens with one attached hydrogen (secondary N) is 1. The van der Waals surface area contributed by atoms with Crippen molar-refractivity contribution in [3.63, 3.8) is 0 Å². The van der Waals surface area contributed by atoms with Gasteiger partial charge in [0.2, 0.25) is 6.35 Å². The minimum Gasteiger partial charge on any atom is -0.462 e. The molecule has 0 spiro atoms. The van der Waals surface area contributed by atoms with E-state index in [1.165, 1.54) is 0 Å². The van der Waals surface area contributed by atoms with Crippen LogP contribution in [0.4, 0.5) is 11.4 Å². The zero-order valence-electron chi connectivity index (χ0n) is 18.8. The van der Waals surface area contributed by atoms with Gasteiger partial charge in [-0.3, -0.25) is 0 Å². The Kier molecular flexibility index (Phi) is 6.59. The molecular weight excluding hydrogens is 440 g/mol. The molecular formula is C25H25ClN4O3. The lowest BCUT2D eigenvalue weighted by molar-refractivity contribution is 0.0525. The first-order chi connectivity index (χ1) is 16.0. The number of halogens is 1. The Labute approximate surface area is 198 Å². The smallest absolute Gasteiger partial charge is 0.340 e. The third-order valence-corrected chi connectivity index (χ3v) is 5.94. The molecule has 1 unspecified atom stereocenters. The highest BCUT2D eigenvalue weighted by molar-refractivity contribution is 6.31. The van der Waals surface area contributed by atoms with Crippen molar-refractivity contribution in [2.45, 2.75) is 33.7 Å². The summed E-state index contributed by atoms with van der Waals surface area (Å²) in [6.07, 6.45) is -0.407. The van der Waals surface area contributed by atoms with Crippen molar-refractivity contribution in [2.24, 2.45) is 0 Å². The largest absolute Gasteiger partial charge is 0.462 e. The summed E-state index contributed by atoms with van der Waals surface area (Å²) in [5.41, 5.74) is 5.26. The van der Waals surface area contributed by atoms with Crippen LogP contribution in [0.5, 0.6) is 0 Å². The molecule has 1 atom stereocenters. The Morgan fingerprint density at radius 3 is 2.61 bits per heavy atom. The first kappa shape index (κ1) is 22.7. The predicted molar refractivity (Wildman–Crippen MR) is 128 cm³/mol. The van der Waals surface area contributed by atoms with E-state index in [4.69, 9.17) is 21.1 Å². The van der Waals surface area contributed by atoms with Crippen LogP contribution < -0.4 is 10.2 Å². The normalized spacial score (nSPS) is 14.5. The molecule has 0 bridgehead atoms. The van der Waals surface area contributed by atoms with E-state index in [0.29, 0.717) is 36.0 Å². The van der Waals surface area contributed by atoms with Crippen molar-refractivity contribution in [3.05, 3.63) is 76.1 Å². The van der Waals surface area contributed by atoms with Gasteiger partial charge in [-0.05, 0) is 56.7 Å². The number of hydrogen-bond donors (Lipinski definition) is 1. The third-order valence-electron chi connectivity index (χ3n) is 5.55. The highest BCUT2D eigenvalue weighted by atomic mass is 35.5. The van der Waals surface area contributed by atoms with Gasteiger partial charge in [-0.1, -0.05) is 29.8 Å². The molecule has 0 saturated heterocycles. The molecule has 0 saturated carbocycles. The molecule has 8 heteroatoms. The van der Waals surface area contributed by atoms with E-state index >= 15 is 0 Å². The molecule has 7 nitrogen and oxygen atoms in total. The van der Waals surface area contributed by atoms with E-state index in [9.17, 15) is 10.1 Å². The number of benzene rings is 2. The zero-order valence-corrected chi connectivity index (χ0v) is 19.5. The van der Waals surface area contributed by atoms with E-state index < -0.39 is 6.35 Å². The molecule has 0 fully saturated rings. The van der Waals surface area contributed by atoms with Crippen molar-refractivity contribution in [1.29, 1.82) is 5.26 Å². The molecule has 1 aromatic heterocycles. The van der Waals surface area contributed by atoms with Crippen LogP contribution in [-0.4, -0.2) is 30.1 Å². The summed E-state index contributed by atoms with van der Waals surface area (Å²) in [7, 11) is 0. The summed E-state index contributed by atoms with van der Waals surface area (Å²) >= 11 is 6.23. The number of ether oxygens (including phenoxy) is 2. The lowest BCUT2D eigenvalue weighted by Gasteiger charge is -2.27. The van der Waals surface area contributed by atoms with Gasteiger partial charge >= 0.3 is 5.97 Å². The van der Waals surface area contributed by atoms with Crippen molar-refractivity contribution in [1.82, 2.24) is 4.57 Å². The van der Waals surface area contributed by atoms with E-state index in [-0.39, 0.29) is 5.97 Å². The van der Waals surface area contributed by atoms with Crippen LogP contribution in [0, 0.1) is 18.3 Å². The molecule has 0 radical (unpaired) electrons. The minimum atomic E-state index is -0.407. The van der Waals surface area contributed by atoms with Crippen LogP contribution in [0.1, 0.15) is 41.2 Å². The monoisotopic (exact) mass is 464 g/mol. The average molecular weight is 465 g/mol. The van der Waals surface area contributed by atoms with Crippen LogP contribution in [0.15, 0.2) is 48.5 Å². The number of carbonyl (C=O) groups excluding carboxylic acids is 1. The Morgan fingerprint density at radius 1 is 1.18 bits per heavy atom. The van der Waals surface area contributed by atoms with Crippen LogP contribution in [0.3, 0.4) is 0 Å². The van der Waals surface area contributed by atoms with E-state index in [2.05, 4.69) is 11.4 Å². The molecule has 1 aliphatic rings. The number of fused-ring (bicyclic) bond motifs is 1. The minimum absolute atomic E-state index is 0.305. The summed E-state index contributed by atoms with van der Waals surface area (Å²) in [5.74, 6) is -0.363. The summed E-state index contributed by atoms with van der Waals surface area (Å²) in [5, 5.41) is 13.4. The second kappa shape index (κ2) is 9.57. The number of hydrogen-bond acceptors (Lipinski definition) is 6. The number of esters is 1. The van der Waals surface area contributed by atoms with Crippen molar-refractivity contribution < 1.29 is 14.3 Å². The second-order valence-corrected chi connectivity index (χ2v) is 7.99. The highest BCUT2D eigenvalue weighted by Crippen LogP contribution is 2.39. The quantitative estimate of drug-likeness (QED) is 0.482. The van der Waals surface area contributed by atoms with Gasteiger partial charge in [0.05, 0.1) is 28.6 Å². The number of para-hydroxylation sites is 1. The molecule has 4 rings (SSSR count). The number of nitriles is 1. The summed E-state index contributed by atoms with van der Waals surface area (Å²) in [4.78, 5) is 14.6. The molecule has 1 N–H and O–H groups in total. The van der Waals surface area contributed by atoms with E-state index in [1.54, 1.807) is 19.1 Å². The topological polar surface area (TPSA) is 79.5 Å². The second-order valence-electron chi connectivity index (χ2n) is 7.58. The van der Waals surface area contributed by atoms with Gasteiger partial charge in [0, 0.05) is 24.5 Å². The number of carbonyl (C=O) groups is 1. The van der Waals surface area contributed by atoms with Gasteiger partial charge in [-0.15, -0.1) is 0 Å². The standard InChI is InChI=1S/C25H25ClN4O3/c1-4-32-24(31)20-7-6-8-22-23(20)29(25(28-22)33-5-2)15-17-9-11-18(12-10-17)30-16(3)21(26)13-19(30)14-27/h6-13,25,28H,4-5,15H2,1-3H3. The van der Waals surface area contributed by atoms with Gasteiger partial charge in [0.15, 0.2) is 0 Å². The van der Waals surface area contributed by atoms with Crippen LogP contribution in [0.2, 0.25) is 5.02 Å². The molecule has 2 heterocycles. The first-order valence-corrected chi connectivity index (χ1v) is 11.2. The van der Waals surface area contributed by atoms with Crippen LogP contribution >= 0.6 is 11.6 Å². The molecule has 33 heavy (non-hydrogen) atoms. The number of anilines is 2. The Balaban J connectivity index is 1.66. The number of nitrogens with zero attached hydrogens (tertiary/aromatic N) is 3. The Morgan fingerprint density at radius 2 is 1.94 bits per heavy atom. The van der Waals surface area contributed by atoms with Gasteiger partial charge in [0.1, 0.15) is 11.8 Å². The highest BCUT2D eigenvalue weighted by Gasteiger charge is 2.33. The van der Waals surface area contributed by atoms with E-state index in [1.807, 2.05) is 59.7 Å². The maximum atomic E-state index is 12.6. The Bertz CT molecular complexity index is 1210. The fourth-order valence-corrected chi connectivity index (χ4v) is 4.25.